The molecule has 0 saturated heterocycles. The van der Waals surface area contributed by atoms with Gasteiger partial charge in [0.1, 0.15) is 10.7 Å². The molecule has 1 atom stereocenters. The van der Waals surface area contributed by atoms with Crippen molar-refractivity contribution in [3.63, 3.8) is 0 Å². The lowest BCUT2D eigenvalue weighted by atomic mass is 10.2. The predicted octanol–water partition coefficient (Wildman–Crippen LogP) is 1.71. The van der Waals surface area contributed by atoms with Crippen LogP contribution in [0.3, 0.4) is 0 Å². The molecule has 0 aliphatic heterocycles. The molecule has 132 valence electrons. The molecule has 0 fully saturated rings. The highest BCUT2D eigenvalue weighted by atomic mass is 32.2. The van der Waals surface area contributed by atoms with Gasteiger partial charge in [0, 0.05) is 24.1 Å². The highest BCUT2D eigenvalue weighted by Crippen LogP contribution is 2.24. The summed E-state index contributed by atoms with van der Waals surface area (Å²) < 4.78 is 45.9. The van der Waals surface area contributed by atoms with Crippen LogP contribution in [-0.2, 0) is 16.4 Å². The van der Waals surface area contributed by atoms with E-state index in [-0.39, 0.29) is 18.0 Å². The second-order valence-corrected chi connectivity index (χ2v) is 7.51. The van der Waals surface area contributed by atoms with Gasteiger partial charge < -0.3 is 9.84 Å². The minimum absolute atomic E-state index is 0.148. The van der Waals surface area contributed by atoms with Crippen LogP contribution in [0, 0.1) is 5.82 Å². The number of likely N-dealkylation sites (N-methyl/N-ethyl adjacent to an activating group) is 1. The summed E-state index contributed by atoms with van der Waals surface area (Å²) >= 11 is 0. The zero-order chi connectivity index (χ0) is 17.9. The molecule has 2 N–H and O–H groups in total. The summed E-state index contributed by atoms with van der Waals surface area (Å²) in [4.78, 5) is 3.78. The first-order valence-electron chi connectivity index (χ1n) is 7.55. The van der Waals surface area contributed by atoms with Crippen LogP contribution < -0.4 is 10.0 Å². The lowest BCUT2D eigenvalue weighted by Gasteiger charge is -2.10. The first-order chi connectivity index (χ1) is 11.2. The number of halogens is 1. The van der Waals surface area contributed by atoms with Gasteiger partial charge in [-0.25, -0.2) is 17.5 Å². The lowest BCUT2D eigenvalue weighted by Crippen LogP contribution is -2.30. The van der Waals surface area contributed by atoms with Gasteiger partial charge in [-0.05, 0) is 46.0 Å². The molecule has 2 rings (SSSR count). The van der Waals surface area contributed by atoms with Crippen LogP contribution in [0.5, 0.6) is 0 Å². The Bertz CT molecular complexity index is 805. The fourth-order valence-electron chi connectivity index (χ4n) is 2.05. The van der Waals surface area contributed by atoms with Crippen LogP contribution in [-0.4, -0.2) is 37.7 Å². The molecule has 0 spiro atoms. The fourth-order valence-corrected chi connectivity index (χ4v) is 3.40. The average Bonchev–Trinajstić information content (AvgIpc) is 2.94. The highest BCUT2D eigenvalue weighted by Gasteiger charge is 2.22. The van der Waals surface area contributed by atoms with Crippen LogP contribution >= 0.6 is 0 Å². The monoisotopic (exact) mass is 356 g/mol. The maximum Gasteiger partial charge on any atom is 0.257 e. The number of sulfonamides is 1. The molecule has 1 heterocycles. The first kappa shape index (κ1) is 18.5. The standard InChI is InChI=1S/C15H21FN4O3S/c1-9(2)20-24(21,22)13-8-11(5-6-12(13)16)15-18-14(19-23-15)7-10(3)17-4/h5-6,8-10,17,20H,7H2,1-4H3. The van der Waals surface area contributed by atoms with Crippen molar-refractivity contribution in [3.8, 4) is 11.5 Å². The molecule has 7 nitrogen and oxygen atoms in total. The molecular weight excluding hydrogens is 335 g/mol. The van der Waals surface area contributed by atoms with Crippen LogP contribution in [0.4, 0.5) is 4.39 Å². The third kappa shape index (κ3) is 4.37. The van der Waals surface area contributed by atoms with Gasteiger partial charge in [-0.1, -0.05) is 5.16 Å². The van der Waals surface area contributed by atoms with Crippen molar-refractivity contribution in [2.75, 3.05) is 7.05 Å². The Balaban J connectivity index is 2.35. The van der Waals surface area contributed by atoms with Gasteiger partial charge >= 0.3 is 0 Å². The Morgan fingerprint density at radius 2 is 2.00 bits per heavy atom. The van der Waals surface area contributed by atoms with E-state index in [4.69, 9.17) is 4.52 Å². The zero-order valence-corrected chi connectivity index (χ0v) is 14.8. The molecule has 0 saturated carbocycles. The molecule has 0 amide bonds. The van der Waals surface area contributed by atoms with E-state index in [0.717, 1.165) is 6.07 Å². The minimum Gasteiger partial charge on any atom is -0.334 e. The summed E-state index contributed by atoms with van der Waals surface area (Å²) in [5.41, 5.74) is 0.344. The molecule has 1 aromatic carbocycles. The summed E-state index contributed by atoms with van der Waals surface area (Å²) in [5.74, 6) is -0.203. The number of benzene rings is 1. The summed E-state index contributed by atoms with van der Waals surface area (Å²) in [6, 6.07) is 3.48. The van der Waals surface area contributed by atoms with E-state index in [1.807, 2.05) is 14.0 Å². The zero-order valence-electron chi connectivity index (χ0n) is 14.0. The molecule has 1 unspecified atom stereocenters. The van der Waals surface area contributed by atoms with E-state index in [0.29, 0.717) is 17.8 Å². The van der Waals surface area contributed by atoms with Crippen molar-refractivity contribution >= 4 is 10.0 Å². The third-order valence-corrected chi connectivity index (χ3v) is 4.98. The molecule has 0 aliphatic rings. The molecule has 1 aromatic heterocycles. The van der Waals surface area contributed by atoms with Gasteiger partial charge in [0.25, 0.3) is 5.89 Å². The Labute approximate surface area is 140 Å². The molecule has 9 heteroatoms. The van der Waals surface area contributed by atoms with E-state index < -0.39 is 20.7 Å². The van der Waals surface area contributed by atoms with Gasteiger partial charge in [0.05, 0.1) is 0 Å². The van der Waals surface area contributed by atoms with Crippen LogP contribution in [0.2, 0.25) is 0 Å². The second kappa shape index (κ2) is 7.37. The molecular formula is C15H21FN4O3S. The van der Waals surface area contributed by atoms with Crippen molar-refractivity contribution in [2.24, 2.45) is 0 Å². The Morgan fingerprint density at radius 1 is 1.29 bits per heavy atom. The van der Waals surface area contributed by atoms with E-state index in [9.17, 15) is 12.8 Å². The number of hydrogen-bond donors (Lipinski definition) is 2. The van der Waals surface area contributed by atoms with Crippen LogP contribution in [0.1, 0.15) is 26.6 Å². The SMILES string of the molecule is CNC(C)Cc1noc(-c2ccc(F)c(S(=O)(=O)NC(C)C)c2)n1. The van der Waals surface area contributed by atoms with Crippen molar-refractivity contribution in [3.05, 3.63) is 29.8 Å². The largest absolute Gasteiger partial charge is 0.334 e. The number of aromatic nitrogens is 2. The van der Waals surface area contributed by atoms with Gasteiger partial charge in [0.2, 0.25) is 10.0 Å². The van der Waals surface area contributed by atoms with Crippen molar-refractivity contribution in [2.45, 2.75) is 44.2 Å². The molecule has 0 radical (unpaired) electrons. The smallest absolute Gasteiger partial charge is 0.257 e. The van der Waals surface area contributed by atoms with Crippen LogP contribution in [0.15, 0.2) is 27.6 Å². The number of hydrogen-bond acceptors (Lipinski definition) is 6. The molecule has 24 heavy (non-hydrogen) atoms. The van der Waals surface area contributed by atoms with Gasteiger partial charge in [-0.15, -0.1) is 0 Å². The first-order valence-corrected chi connectivity index (χ1v) is 9.03. The number of nitrogens with one attached hydrogen (secondary N) is 2. The highest BCUT2D eigenvalue weighted by molar-refractivity contribution is 7.89. The fraction of sp³-hybridized carbons (Fsp3) is 0.467. The maximum atomic E-state index is 14.0. The van der Waals surface area contributed by atoms with Gasteiger partial charge in [-0.3, -0.25) is 0 Å². The van der Waals surface area contributed by atoms with Crippen LogP contribution in [0.25, 0.3) is 11.5 Å². The Hall–Kier alpha value is -1.84. The molecule has 2 aromatic rings. The van der Waals surface area contributed by atoms with Gasteiger partial charge in [0.15, 0.2) is 5.82 Å². The van der Waals surface area contributed by atoms with Crippen molar-refractivity contribution in [1.29, 1.82) is 0 Å². The van der Waals surface area contributed by atoms with Crippen molar-refractivity contribution < 1.29 is 17.3 Å². The van der Waals surface area contributed by atoms with E-state index in [2.05, 4.69) is 20.2 Å². The predicted molar refractivity (Wildman–Crippen MR) is 87.4 cm³/mol. The minimum atomic E-state index is -3.96. The third-order valence-electron chi connectivity index (χ3n) is 3.31. The van der Waals surface area contributed by atoms with E-state index in [1.54, 1.807) is 13.8 Å². The molecule has 0 aliphatic carbocycles. The quantitative estimate of drug-likeness (QED) is 0.784. The number of nitrogens with zero attached hydrogens (tertiary/aromatic N) is 2. The van der Waals surface area contributed by atoms with E-state index >= 15 is 0 Å². The maximum absolute atomic E-state index is 14.0. The summed E-state index contributed by atoms with van der Waals surface area (Å²) in [7, 11) is -2.14. The lowest BCUT2D eigenvalue weighted by molar-refractivity contribution is 0.418. The topological polar surface area (TPSA) is 97.1 Å². The van der Waals surface area contributed by atoms with E-state index in [1.165, 1.54) is 12.1 Å². The number of rotatable bonds is 7. The summed E-state index contributed by atoms with van der Waals surface area (Å²) in [6.45, 7) is 5.29. The Morgan fingerprint density at radius 3 is 2.62 bits per heavy atom. The van der Waals surface area contributed by atoms with Gasteiger partial charge in [-0.2, -0.15) is 4.98 Å². The summed E-state index contributed by atoms with van der Waals surface area (Å²) in [5, 5.41) is 6.92. The average molecular weight is 356 g/mol. The second-order valence-electron chi connectivity index (χ2n) is 5.83. The van der Waals surface area contributed by atoms with Crippen molar-refractivity contribution in [1.82, 2.24) is 20.2 Å². The Kier molecular flexibility index (Phi) is 5.68. The molecule has 0 bridgehead atoms. The summed E-state index contributed by atoms with van der Waals surface area (Å²) in [6.07, 6.45) is 0.557. The normalized spacial score (nSPS) is 13.4.